The highest BCUT2D eigenvalue weighted by Crippen LogP contribution is 2.27. The Bertz CT molecular complexity index is 708. The summed E-state index contributed by atoms with van der Waals surface area (Å²) in [5, 5.41) is 8.47. The molecule has 0 bridgehead atoms. The third kappa shape index (κ3) is 2.50. The molecule has 116 valence electrons. The fourth-order valence-corrected chi connectivity index (χ4v) is 3.05. The lowest BCUT2D eigenvalue weighted by Gasteiger charge is -2.14. The van der Waals surface area contributed by atoms with Crippen molar-refractivity contribution in [3.05, 3.63) is 34.1 Å². The van der Waals surface area contributed by atoms with E-state index in [-0.39, 0.29) is 18.4 Å². The Hall–Kier alpha value is -2.22. The van der Waals surface area contributed by atoms with Crippen LogP contribution in [0.5, 0.6) is 0 Å². The third-order valence-electron chi connectivity index (χ3n) is 3.57. The average Bonchev–Trinajstić information content (AvgIpc) is 3.16. The van der Waals surface area contributed by atoms with Crippen LogP contribution < -0.4 is 5.32 Å². The van der Waals surface area contributed by atoms with E-state index in [1.54, 1.807) is 25.2 Å². The molecule has 3 rings (SSSR count). The summed E-state index contributed by atoms with van der Waals surface area (Å²) in [5.41, 5.74) is -0.895. The number of imide groups is 1. The van der Waals surface area contributed by atoms with Crippen LogP contribution in [0.15, 0.2) is 22.0 Å². The lowest BCUT2D eigenvalue weighted by Crippen LogP contribution is -2.40. The van der Waals surface area contributed by atoms with Gasteiger partial charge in [-0.3, -0.25) is 9.69 Å². The first-order valence-corrected chi connectivity index (χ1v) is 7.76. The van der Waals surface area contributed by atoms with Crippen molar-refractivity contribution in [1.29, 1.82) is 0 Å². The van der Waals surface area contributed by atoms with Crippen LogP contribution in [0.2, 0.25) is 0 Å². The molecule has 2 aromatic rings. The topological polar surface area (TPSA) is 88.3 Å². The number of amides is 3. The number of hydrogen-bond acceptors (Lipinski definition) is 6. The molecule has 1 aliphatic heterocycles. The first-order valence-electron chi connectivity index (χ1n) is 6.88. The van der Waals surface area contributed by atoms with Crippen molar-refractivity contribution in [3.63, 3.8) is 0 Å². The van der Waals surface area contributed by atoms with Gasteiger partial charge in [-0.25, -0.2) is 4.79 Å². The second-order valence-corrected chi connectivity index (χ2v) is 6.71. The minimum absolute atomic E-state index is 0.00869. The molecule has 1 aliphatic rings. The minimum Gasteiger partial charge on any atom is -0.339 e. The molecule has 22 heavy (non-hydrogen) atoms. The lowest BCUT2D eigenvalue weighted by molar-refractivity contribution is -0.130. The number of nitrogens with one attached hydrogen (secondary N) is 1. The van der Waals surface area contributed by atoms with Gasteiger partial charge in [0.1, 0.15) is 5.54 Å². The van der Waals surface area contributed by atoms with Crippen molar-refractivity contribution < 1.29 is 14.1 Å². The molecule has 0 aliphatic carbocycles. The number of carbonyl (C=O) groups is 2. The molecular weight excluding hydrogens is 304 g/mol. The monoisotopic (exact) mass is 320 g/mol. The van der Waals surface area contributed by atoms with E-state index in [1.165, 1.54) is 0 Å². The first kappa shape index (κ1) is 14.7. The van der Waals surface area contributed by atoms with Crippen molar-refractivity contribution in [3.8, 4) is 0 Å². The summed E-state index contributed by atoms with van der Waals surface area (Å²) in [6, 6.07) is 3.52. The molecule has 1 fully saturated rings. The molecule has 0 spiro atoms. The maximum absolute atomic E-state index is 12.1. The van der Waals surface area contributed by atoms with E-state index < -0.39 is 11.6 Å². The zero-order valence-corrected chi connectivity index (χ0v) is 13.3. The SMILES string of the molecule is CC(c1nc(CN2C(=O)NC(C)(C)C2=O)no1)c1cccs1. The standard InChI is InChI=1S/C14H16N4O3S/c1-8(9-5-4-6-22-9)11-15-10(17-21-11)7-18-12(19)14(2,3)16-13(18)20/h4-6,8H,7H2,1-3H3,(H,16,20). The van der Waals surface area contributed by atoms with Crippen molar-refractivity contribution >= 4 is 23.3 Å². The van der Waals surface area contributed by atoms with Crippen molar-refractivity contribution in [2.45, 2.75) is 38.8 Å². The van der Waals surface area contributed by atoms with Gasteiger partial charge in [-0.15, -0.1) is 11.3 Å². The van der Waals surface area contributed by atoms with E-state index in [0.29, 0.717) is 11.7 Å². The second-order valence-electron chi connectivity index (χ2n) is 5.73. The highest BCUT2D eigenvalue weighted by molar-refractivity contribution is 7.10. The number of aromatic nitrogens is 2. The van der Waals surface area contributed by atoms with Crippen LogP contribution >= 0.6 is 11.3 Å². The van der Waals surface area contributed by atoms with Gasteiger partial charge in [0, 0.05) is 4.88 Å². The van der Waals surface area contributed by atoms with Crippen LogP contribution in [-0.2, 0) is 11.3 Å². The van der Waals surface area contributed by atoms with Gasteiger partial charge in [-0.05, 0) is 32.2 Å². The van der Waals surface area contributed by atoms with E-state index in [2.05, 4.69) is 15.5 Å². The van der Waals surface area contributed by atoms with E-state index >= 15 is 0 Å². The molecular formula is C14H16N4O3S. The predicted molar refractivity (Wildman–Crippen MR) is 79.3 cm³/mol. The maximum atomic E-state index is 12.1. The number of rotatable bonds is 4. The molecule has 0 saturated carbocycles. The van der Waals surface area contributed by atoms with Crippen LogP contribution in [0.3, 0.4) is 0 Å². The molecule has 3 heterocycles. The van der Waals surface area contributed by atoms with E-state index in [1.807, 2.05) is 24.4 Å². The van der Waals surface area contributed by atoms with Crippen molar-refractivity contribution in [2.75, 3.05) is 0 Å². The Morgan fingerprint density at radius 2 is 2.23 bits per heavy atom. The maximum Gasteiger partial charge on any atom is 0.325 e. The predicted octanol–water partition coefficient (Wildman–Crippen LogP) is 2.11. The Kier molecular flexibility index (Phi) is 3.48. The molecule has 8 heteroatoms. The minimum atomic E-state index is -0.895. The van der Waals surface area contributed by atoms with Gasteiger partial charge in [0.15, 0.2) is 5.82 Å². The number of nitrogens with zero attached hydrogens (tertiary/aromatic N) is 3. The molecule has 7 nitrogen and oxygen atoms in total. The highest BCUT2D eigenvalue weighted by Gasteiger charge is 2.44. The van der Waals surface area contributed by atoms with Crippen LogP contribution in [0.4, 0.5) is 4.79 Å². The van der Waals surface area contributed by atoms with Gasteiger partial charge >= 0.3 is 6.03 Å². The molecule has 1 atom stereocenters. The fourth-order valence-electron chi connectivity index (χ4n) is 2.27. The quantitative estimate of drug-likeness (QED) is 0.872. The molecule has 0 aromatic carbocycles. The molecule has 1 unspecified atom stereocenters. The van der Waals surface area contributed by atoms with Crippen LogP contribution in [0.1, 0.15) is 43.3 Å². The summed E-state index contributed by atoms with van der Waals surface area (Å²) in [6.45, 7) is 5.30. The number of thiophene rings is 1. The Morgan fingerprint density at radius 3 is 2.82 bits per heavy atom. The van der Waals surface area contributed by atoms with Gasteiger partial charge in [-0.1, -0.05) is 11.2 Å². The smallest absolute Gasteiger partial charge is 0.325 e. The van der Waals surface area contributed by atoms with Crippen LogP contribution in [-0.4, -0.2) is 32.5 Å². The zero-order valence-electron chi connectivity index (χ0n) is 12.5. The summed E-state index contributed by atoms with van der Waals surface area (Å²) < 4.78 is 5.26. The highest BCUT2D eigenvalue weighted by atomic mass is 32.1. The Morgan fingerprint density at radius 1 is 1.45 bits per heavy atom. The van der Waals surface area contributed by atoms with Gasteiger partial charge in [-0.2, -0.15) is 4.98 Å². The van der Waals surface area contributed by atoms with Crippen molar-refractivity contribution in [2.24, 2.45) is 0 Å². The van der Waals surface area contributed by atoms with E-state index in [4.69, 9.17) is 4.52 Å². The van der Waals surface area contributed by atoms with Crippen LogP contribution in [0.25, 0.3) is 0 Å². The Labute approximate surface area is 131 Å². The molecule has 1 saturated heterocycles. The summed E-state index contributed by atoms with van der Waals surface area (Å²) in [7, 11) is 0. The summed E-state index contributed by atoms with van der Waals surface area (Å²) in [6.07, 6.45) is 0. The largest absolute Gasteiger partial charge is 0.339 e. The summed E-state index contributed by atoms with van der Waals surface area (Å²) >= 11 is 1.61. The zero-order chi connectivity index (χ0) is 15.9. The third-order valence-corrected chi connectivity index (χ3v) is 4.62. The molecule has 1 N–H and O–H groups in total. The summed E-state index contributed by atoms with van der Waals surface area (Å²) in [5.74, 6) is 0.485. The number of hydrogen-bond donors (Lipinski definition) is 1. The number of carbonyl (C=O) groups excluding carboxylic acids is 2. The molecule has 0 radical (unpaired) electrons. The van der Waals surface area contributed by atoms with Gasteiger partial charge in [0.25, 0.3) is 5.91 Å². The van der Waals surface area contributed by atoms with Crippen molar-refractivity contribution in [1.82, 2.24) is 20.4 Å². The van der Waals surface area contributed by atoms with E-state index in [0.717, 1.165) is 9.78 Å². The second kappa shape index (κ2) is 5.20. The lowest BCUT2D eigenvalue weighted by atomic mass is 10.1. The number of urea groups is 1. The molecule has 3 amide bonds. The van der Waals surface area contributed by atoms with Gasteiger partial charge in [0.2, 0.25) is 5.89 Å². The van der Waals surface area contributed by atoms with Gasteiger partial charge in [0.05, 0.1) is 12.5 Å². The average molecular weight is 320 g/mol. The Balaban J connectivity index is 1.75. The van der Waals surface area contributed by atoms with Gasteiger partial charge < -0.3 is 9.84 Å². The van der Waals surface area contributed by atoms with Crippen LogP contribution in [0, 0.1) is 0 Å². The normalized spacial score (nSPS) is 18.6. The van der Waals surface area contributed by atoms with E-state index in [9.17, 15) is 9.59 Å². The fraction of sp³-hybridized carbons (Fsp3) is 0.429. The molecule has 2 aromatic heterocycles. The summed E-state index contributed by atoms with van der Waals surface area (Å²) in [4.78, 5) is 30.5. The first-order chi connectivity index (χ1) is 10.4.